The number of phenols is 2. The first kappa shape index (κ1) is 16.7. The number of aliphatic hydroxyl groups is 1. The molecule has 2 aromatic carbocycles. The maximum atomic E-state index is 10.3. The molecule has 0 saturated carbocycles. The molecule has 1 aliphatic heterocycles. The van der Waals surface area contributed by atoms with Crippen LogP contribution in [0.15, 0.2) is 42.1 Å². The lowest BCUT2D eigenvalue weighted by molar-refractivity contribution is 0.196. The van der Waals surface area contributed by atoms with Gasteiger partial charge in [0, 0.05) is 27.4 Å². The minimum absolute atomic E-state index is 0.177. The molecule has 0 saturated heterocycles. The number of rotatable bonds is 2. The van der Waals surface area contributed by atoms with Crippen LogP contribution in [0.25, 0.3) is 6.08 Å². The summed E-state index contributed by atoms with van der Waals surface area (Å²) in [6, 6.07) is 10.4. The van der Waals surface area contributed by atoms with Crippen molar-refractivity contribution in [3.63, 3.8) is 0 Å². The smallest absolute Gasteiger partial charge is 0.164 e. The summed E-state index contributed by atoms with van der Waals surface area (Å²) in [5, 5.41) is 30.8. The van der Waals surface area contributed by atoms with Crippen molar-refractivity contribution < 1.29 is 15.3 Å². The molecule has 0 spiro atoms. The predicted molar refractivity (Wildman–Crippen MR) is 96.4 cm³/mol. The second kappa shape index (κ2) is 5.72. The first-order valence-electron chi connectivity index (χ1n) is 7.74. The van der Waals surface area contributed by atoms with Gasteiger partial charge in [-0.3, -0.25) is 0 Å². The van der Waals surface area contributed by atoms with Crippen molar-refractivity contribution >= 4 is 23.4 Å². The van der Waals surface area contributed by atoms with Crippen molar-refractivity contribution in [2.24, 2.45) is 0 Å². The number of allylic oxidation sites excluding steroid dienone is 1. The Morgan fingerprint density at radius 3 is 2.54 bits per heavy atom. The zero-order valence-electron chi connectivity index (χ0n) is 13.8. The minimum Gasteiger partial charge on any atom is -0.504 e. The number of phenolic OH excluding ortho intramolecular Hbond substituents is 2. The number of aliphatic hydroxyl groups excluding tert-OH is 1. The quantitative estimate of drug-likeness (QED) is 0.713. The molecular weight excluding hydrogens is 326 g/mol. The first-order chi connectivity index (χ1) is 11.2. The third-order valence-corrected chi connectivity index (χ3v) is 4.74. The third-order valence-electron chi connectivity index (χ3n) is 4.50. The highest BCUT2D eigenvalue weighted by molar-refractivity contribution is 6.30. The normalized spacial score (nSPS) is 18.7. The number of nitrogens with zero attached hydrogens (tertiary/aromatic N) is 1. The predicted octanol–water partition coefficient (Wildman–Crippen LogP) is 4.23. The summed E-state index contributed by atoms with van der Waals surface area (Å²) in [5.41, 5.74) is 2.76. The Balaban J connectivity index is 2.23. The molecule has 1 heterocycles. The Labute approximate surface area is 146 Å². The fourth-order valence-corrected chi connectivity index (χ4v) is 3.42. The van der Waals surface area contributed by atoms with E-state index in [-0.39, 0.29) is 11.5 Å². The molecule has 4 nitrogen and oxygen atoms in total. The van der Waals surface area contributed by atoms with Crippen LogP contribution < -0.4 is 4.90 Å². The highest BCUT2D eigenvalue weighted by Gasteiger charge is 2.41. The highest BCUT2D eigenvalue weighted by Crippen LogP contribution is 2.50. The number of hydrogen-bond acceptors (Lipinski definition) is 4. The van der Waals surface area contributed by atoms with Crippen LogP contribution >= 0.6 is 11.6 Å². The van der Waals surface area contributed by atoms with Crippen molar-refractivity contribution in [1.29, 1.82) is 0 Å². The van der Waals surface area contributed by atoms with E-state index in [1.54, 1.807) is 31.2 Å². The van der Waals surface area contributed by atoms with Gasteiger partial charge in [-0.25, -0.2) is 0 Å². The van der Waals surface area contributed by atoms with Gasteiger partial charge in [-0.2, -0.15) is 0 Å². The Bertz CT molecular complexity index is 827. The van der Waals surface area contributed by atoms with E-state index in [1.165, 1.54) is 6.07 Å². The number of benzene rings is 2. The van der Waals surface area contributed by atoms with E-state index in [0.29, 0.717) is 10.6 Å². The number of halogens is 1. The third kappa shape index (κ3) is 2.52. The lowest BCUT2D eigenvalue weighted by Crippen LogP contribution is -2.33. The summed E-state index contributed by atoms with van der Waals surface area (Å²) in [7, 11) is 0. The zero-order chi connectivity index (χ0) is 17.6. The van der Waals surface area contributed by atoms with Gasteiger partial charge in [-0.15, -0.1) is 0 Å². The Kier molecular flexibility index (Phi) is 3.98. The molecular formula is C19H20ClNO3. The number of hydrogen-bond donors (Lipinski definition) is 3. The van der Waals surface area contributed by atoms with Gasteiger partial charge in [0.05, 0.1) is 0 Å². The molecule has 0 aliphatic carbocycles. The fourth-order valence-electron chi connectivity index (χ4n) is 3.25. The van der Waals surface area contributed by atoms with E-state index in [4.69, 9.17) is 11.6 Å². The van der Waals surface area contributed by atoms with Crippen LogP contribution in [0.4, 0.5) is 5.69 Å². The van der Waals surface area contributed by atoms with Crippen molar-refractivity contribution in [2.75, 3.05) is 4.90 Å². The zero-order valence-corrected chi connectivity index (χ0v) is 14.5. The molecule has 0 aromatic heterocycles. The molecule has 0 fully saturated rings. The average Bonchev–Trinajstić information content (AvgIpc) is 2.72. The standard InChI is InChI=1S/C19H20ClNO3/c1-11(22)21-15-8-7-13(20)10-14(15)19(2,3)17(21)9-12-5-4-6-16(23)18(12)24/h4-11,22-24H,1-3H3/b17-9+. The molecule has 0 bridgehead atoms. The number of para-hydroxylation sites is 1. The highest BCUT2D eigenvalue weighted by atomic mass is 35.5. The summed E-state index contributed by atoms with van der Waals surface area (Å²) in [5.74, 6) is -0.357. The Morgan fingerprint density at radius 1 is 1.17 bits per heavy atom. The van der Waals surface area contributed by atoms with E-state index in [9.17, 15) is 15.3 Å². The molecule has 3 N–H and O–H groups in total. The molecule has 126 valence electrons. The summed E-state index contributed by atoms with van der Waals surface area (Å²) < 4.78 is 0. The number of fused-ring (bicyclic) bond motifs is 1. The van der Waals surface area contributed by atoms with Gasteiger partial charge < -0.3 is 20.2 Å². The summed E-state index contributed by atoms with van der Waals surface area (Å²) in [6.45, 7) is 5.77. The van der Waals surface area contributed by atoms with Crippen LogP contribution in [-0.4, -0.2) is 21.5 Å². The van der Waals surface area contributed by atoms with Gasteiger partial charge in [-0.1, -0.05) is 37.6 Å². The maximum Gasteiger partial charge on any atom is 0.164 e. The van der Waals surface area contributed by atoms with Crippen LogP contribution in [0.1, 0.15) is 31.9 Å². The van der Waals surface area contributed by atoms with Crippen LogP contribution in [0, 0.1) is 0 Å². The molecule has 1 unspecified atom stereocenters. The van der Waals surface area contributed by atoms with Gasteiger partial charge in [-0.05, 0) is 42.8 Å². The first-order valence-corrected chi connectivity index (χ1v) is 8.11. The summed E-state index contributed by atoms with van der Waals surface area (Å²) in [4.78, 5) is 1.81. The molecule has 2 aromatic rings. The van der Waals surface area contributed by atoms with Crippen LogP contribution in [0.5, 0.6) is 11.5 Å². The molecule has 0 amide bonds. The van der Waals surface area contributed by atoms with E-state index >= 15 is 0 Å². The summed E-state index contributed by atoms with van der Waals surface area (Å²) in [6.07, 6.45) is 1.03. The molecule has 5 heteroatoms. The molecule has 0 radical (unpaired) electrons. The van der Waals surface area contributed by atoms with Crippen LogP contribution in [0.3, 0.4) is 0 Å². The van der Waals surface area contributed by atoms with E-state index in [0.717, 1.165) is 16.9 Å². The van der Waals surface area contributed by atoms with Gasteiger partial charge in [0.15, 0.2) is 11.5 Å². The fraction of sp³-hybridized carbons (Fsp3) is 0.263. The van der Waals surface area contributed by atoms with Gasteiger partial charge in [0.2, 0.25) is 0 Å². The van der Waals surface area contributed by atoms with E-state index in [1.807, 2.05) is 30.9 Å². The molecule has 1 aliphatic rings. The van der Waals surface area contributed by atoms with Gasteiger partial charge >= 0.3 is 0 Å². The molecule has 1 atom stereocenters. The average molecular weight is 346 g/mol. The summed E-state index contributed by atoms with van der Waals surface area (Å²) >= 11 is 6.16. The maximum absolute atomic E-state index is 10.3. The Hall–Kier alpha value is -2.17. The lowest BCUT2D eigenvalue weighted by atomic mass is 9.83. The topological polar surface area (TPSA) is 63.9 Å². The molecule has 3 rings (SSSR count). The molecule has 24 heavy (non-hydrogen) atoms. The Morgan fingerprint density at radius 2 is 1.88 bits per heavy atom. The minimum atomic E-state index is -0.752. The van der Waals surface area contributed by atoms with Crippen LogP contribution in [0.2, 0.25) is 5.02 Å². The van der Waals surface area contributed by atoms with Crippen molar-refractivity contribution in [3.05, 3.63) is 58.2 Å². The van der Waals surface area contributed by atoms with Gasteiger partial charge in [0.1, 0.15) is 6.23 Å². The lowest BCUT2D eigenvalue weighted by Gasteiger charge is -2.29. The second-order valence-corrected chi connectivity index (χ2v) is 6.97. The number of anilines is 1. The van der Waals surface area contributed by atoms with E-state index in [2.05, 4.69) is 0 Å². The van der Waals surface area contributed by atoms with E-state index < -0.39 is 11.6 Å². The SMILES string of the molecule is CC(O)N1/C(=C/c2cccc(O)c2O)C(C)(C)c2cc(Cl)ccc21. The largest absolute Gasteiger partial charge is 0.504 e. The number of aromatic hydroxyl groups is 2. The van der Waals surface area contributed by atoms with Crippen molar-refractivity contribution in [1.82, 2.24) is 0 Å². The van der Waals surface area contributed by atoms with Crippen molar-refractivity contribution in [3.8, 4) is 11.5 Å². The van der Waals surface area contributed by atoms with Gasteiger partial charge in [0.25, 0.3) is 0 Å². The van der Waals surface area contributed by atoms with Crippen LogP contribution in [-0.2, 0) is 5.41 Å². The van der Waals surface area contributed by atoms with Crippen molar-refractivity contribution in [2.45, 2.75) is 32.4 Å². The monoisotopic (exact) mass is 345 g/mol. The second-order valence-electron chi connectivity index (χ2n) is 6.53.